The molecule has 0 bridgehead atoms. The molecule has 4 nitrogen and oxygen atoms in total. The van der Waals surface area contributed by atoms with Gasteiger partial charge in [-0.15, -0.1) is 0 Å². The summed E-state index contributed by atoms with van der Waals surface area (Å²) < 4.78 is 0. The number of hydrogen-bond acceptors (Lipinski definition) is 3. The molecule has 0 amide bonds. The van der Waals surface area contributed by atoms with Gasteiger partial charge in [0.25, 0.3) is 0 Å². The van der Waals surface area contributed by atoms with Crippen molar-refractivity contribution in [2.75, 3.05) is 11.9 Å². The molecule has 0 atom stereocenters. The van der Waals surface area contributed by atoms with Crippen LogP contribution in [0, 0.1) is 0 Å². The number of benzene rings is 1. The predicted molar refractivity (Wildman–Crippen MR) is 71.8 cm³/mol. The number of anilines is 1. The average molecular weight is 243 g/mol. The number of rotatable bonds is 6. The number of aromatic nitrogens is 2. The molecule has 2 N–H and O–H groups in total. The van der Waals surface area contributed by atoms with E-state index < -0.39 is 0 Å². The lowest BCUT2D eigenvalue weighted by atomic mass is 10.1. The molecule has 0 aliphatic heterocycles. The zero-order valence-electron chi connectivity index (χ0n) is 10.4. The fourth-order valence-electron chi connectivity index (χ4n) is 1.74. The molecule has 0 fully saturated rings. The third-order valence-electron chi connectivity index (χ3n) is 2.77. The Kier molecular flexibility index (Phi) is 4.12. The summed E-state index contributed by atoms with van der Waals surface area (Å²) in [5.74, 6) is 1.15. The quantitative estimate of drug-likeness (QED) is 0.767. The van der Waals surface area contributed by atoms with E-state index in [1.165, 1.54) is 0 Å². The number of ketones is 1. The first-order valence-corrected chi connectivity index (χ1v) is 6.15. The van der Waals surface area contributed by atoms with Crippen molar-refractivity contribution < 1.29 is 4.79 Å². The second kappa shape index (κ2) is 6.00. The lowest BCUT2D eigenvalue weighted by Crippen LogP contribution is -2.06. The normalized spacial score (nSPS) is 10.3. The maximum absolute atomic E-state index is 11.5. The van der Waals surface area contributed by atoms with Crippen molar-refractivity contribution in [1.82, 2.24) is 9.97 Å². The molecule has 4 heteroatoms. The first-order chi connectivity index (χ1) is 8.79. The molecular formula is C14H17N3O. The van der Waals surface area contributed by atoms with E-state index in [1.54, 1.807) is 6.20 Å². The van der Waals surface area contributed by atoms with Gasteiger partial charge in [-0.1, -0.05) is 6.92 Å². The summed E-state index contributed by atoms with van der Waals surface area (Å²) in [5.41, 5.74) is 1.79. The standard InChI is InChI=1S/C14H17N3O/c1-2-13(18)11-3-5-12(6-4-11)15-8-7-14-16-9-10-17-14/h3-6,9-10,15H,2,7-8H2,1H3,(H,16,17). The van der Waals surface area contributed by atoms with Gasteiger partial charge in [0.1, 0.15) is 5.82 Å². The molecule has 2 rings (SSSR count). The first-order valence-electron chi connectivity index (χ1n) is 6.15. The minimum atomic E-state index is 0.178. The Hall–Kier alpha value is -2.10. The Morgan fingerprint density at radius 3 is 2.72 bits per heavy atom. The van der Waals surface area contributed by atoms with Crippen molar-refractivity contribution in [3.05, 3.63) is 48.0 Å². The number of H-pyrrole nitrogens is 1. The predicted octanol–water partition coefficient (Wildman–Crippen LogP) is 2.66. The van der Waals surface area contributed by atoms with Gasteiger partial charge >= 0.3 is 0 Å². The molecule has 0 aliphatic carbocycles. The number of carbonyl (C=O) groups is 1. The van der Waals surface area contributed by atoms with Crippen LogP contribution in [-0.4, -0.2) is 22.3 Å². The summed E-state index contributed by atoms with van der Waals surface area (Å²) in [5, 5.41) is 3.30. The van der Waals surface area contributed by atoms with E-state index in [2.05, 4.69) is 15.3 Å². The molecule has 0 spiro atoms. The van der Waals surface area contributed by atoms with Crippen LogP contribution < -0.4 is 5.32 Å². The fraction of sp³-hybridized carbons (Fsp3) is 0.286. The first kappa shape index (κ1) is 12.4. The number of imidazole rings is 1. The largest absolute Gasteiger partial charge is 0.385 e. The van der Waals surface area contributed by atoms with Gasteiger partial charge in [-0.25, -0.2) is 4.98 Å². The Morgan fingerprint density at radius 2 is 2.11 bits per heavy atom. The second-order valence-corrected chi connectivity index (χ2v) is 4.07. The third kappa shape index (κ3) is 3.20. The van der Waals surface area contributed by atoms with Gasteiger partial charge < -0.3 is 10.3 Å². The fourth-order valence-corrected chi connectivity index (χ4v) is 1.74. The smallest absolute Gasteiger partial charge is 0.162 e. The Balaban J connectivity index is 1.85. The lowest BCUT2D eigenvalue weighted by molar-refractivity contribution is 0.0988. The van der Waals surface area contributed by atoms with Gasteiger partial charge in [-0.2, -0.15) is 0 Å². The van der Waals surface area contributed by atoms with Crippen molar-refractivity contribution in [1.29, 1.82) is 0 Å². The van der Waals surface area contributed by atoms with Crippen LogP contribution >= 0.6 is 0 Å². The van der Waals surface area contributed by atoms with Crippen LogP contribution in [0.3, 0.4) is 0 Å². The minimum absolute atomic E-state index is 0.178. The van der Waals surface area contributed by atoms with E-state index in [1.807, 2.05) is 37.4 Å². The van der Waals surface area contributed by atoms with Crippen molar-refractivity contribution in [2.45, 2.75) is 19.8 Å². The van der Waals surface area contributed by atoms with Gasteiger partial charge in [0.2, 0.25) is 0 Å². The topological polar surface area (TPSA) is 57.8 Å². The summed E-state index contributed by atoms with van der Waals surface area (Å²) in [7, 11) is 0. The highest BCUT2D eigenvalue weighted by Gasteiger charge is 2.02. The summed E-state index contributed by atoms with van der Waals surface area (Å²) >= 11 is 0. The van der Waals surface area contributed by atoms with Crippen LogP contribution in [0.5, 0.6) is 0 Å². The molecule has 0 unspecified atom stereocenters. The molecule has 1 aromatic heterocycles. The van der Waals surface area contributed by atoms with Gasteiger partial charge in [-0.3, -0.25) is 4.79 Å². The summed E-state index contributed by atoms with van der Waals surface area (Å²) in [4.78, 5) is 18.7. The molecule has 1 aromatic carbocycles. The van der Waals surface area contributed by atoms with Crippen LogP contribution in [0.15, 0.2) is 36.7 Å². The van der Waals surface area contributed by atoms with Crippen LogP contribution in [0.1, 0.15) is 29.5 Å². The van der Waals surface area contributed by atoms with Gasteiger partial charge in [0, 0.05) is 43.0 Å². The van der Waals surface area contributed by atoms with Gasteiger partial charge in [0.05, 0.1) is 0 Å². The van der Waals surface area contributed by atoms with E-state index in [-0.39, 0.29) is 5.78 Å². The molecule has 0 saturated carbocycles. The maximum Gasteiger partial charge on any atom is 0.162 e. The highest BCUT2D eigenvalue weighted by Crippen LogP contribution is 2.11. The van der Waals surface area contributed by atoms with Crippen molar-refractivity contribution in [3.63, 3.8) is 0 Å². The van der Waals surface area contributed by atoms with Crippen LogP contribution in [0.25, 0.3) is 0 Å². The Labute approximate surface area is 106 Å². The Bertz CT molecular complexity index is 488. The molecular weight excluding hydrogens is 226 g/mol. The highest BCUT2D eigenvalue weighted by atomic mass is 16.1. The molecule has 18 heavy (non-hydrogen) atoms. The zero-order chi connectivity index (χ0) is 12.8. The van der Waals surface area contributed by atoms with Crippen LogP contribution in [-0.2, 0) is 6.42 Å². The van der Waals surface area contributed by atoms with E-state index >= 15 is 0 Å². The van der Waals surface area contributed by atoms with E-state index in [0.29, 0.717) is 6.42 Å². The molecule has 0 radical (unpaired) electrons. The second-order valence-electron chi connectivity index (χ2n) is 4.07. The molecule has 2 aromatic rings. The summed E-state index contributed by atoms with van der Waals surface area (Å²) in [6, 6.07) is 7.60. The highest BCUT2D eigenvalue weighted by molar-refractivity contribution is 5.96. The van der Waals surface area contributed by atoms with E-state index in [4.69, 9.17) is 0 Å². The van der Waals surface area contributed by atoms with Crippen LogP contribution in [0.4, 0.5) is 5.69 Å². The third-order valence-corrected chi connectivity index (χ3v) is 2.77. The van der Waals surface area contributed by atoms with Crippen molar-refractivity contribution in [2.24, 2.45) is 0 Å². The number of carbonyl (C=O) groups excluding carboxylic acids is 1. The monoisotopic (exact) mass is 243 g/mol. The number of hydrogen-bond donors (Lipinski definition) is 2. The number of aromatic amines is 1. The van der Waals surface area contributed by atoms with E-state index in [9.17, 15) is 4.79 Å². The van der Waals surface area contributed by atoms with Crippen molar-refractivity contribution in [3.8, 4) is 0 Å². The SMILES string of the molecule is CCC(=O)c1ccc(NCCc2ncc[nH]2)cc1. The lowest BCUT2D eigenvalue weighted by Gasteiger charge is -2.06. The van der Waals surface area contributed by atoms with Gasteiger partial charge in [0.15, 0.2) is 5.78 Å². The maximum atomic E-state index is 11.5. The zero-order valence-corrected chi connectivity index (χ0v) is 10.4. The number of nitrogens with one attached hydrogen (secondary N) is 2. The van der Waals surface area contributed by atoms with Gasteiger partial charge in [-0.05, 0) is 24.3 Å². The number of nitrogens with zero attached hydrogens (tertiary/aromatic N) is 1. The summed E-state index contributed by atoms with van der Waals surface area (Å²) in [6.07, 6.45) is 4.97. The molecule has 94 valence electrons. The van der Waals surface area contributed by atoms with Crippen molar-refractivity contribution >= 4 is 11.5 Å². The average Bonchev–Trinajstić information content (AvgIpc) is 2.92. The minimum Gasteiger partial charge on any atom is -0.385 e. The molecule has 0 saturated heterocycles. The van der Waals surface area contributed by atoms with E-state index in [0.717, 1.165) is 30.0 Å². The molecule has 1 heterocycles. The summed E-state index contributed by atoms with van der Waals surface area (Å²) in [6.45, 7) is 2.69. The Morgan fingerprint density at radius 1 is 1.33 bits per heavy atom. The molecule has 0 aliphatic rings. The number of Topliss-reactive ketones (excluding diaryl/α,β-unsaturated/α-hetero) is 1. The van der Waals surface area contributed by atoms with Crippen LogP contribution in [0.2, 0.25) is 0 Å².